The second-order valence-corrected chi connectivity index (χ2v) is 12.9. The number of thioether (sulfide) groups is 1. The van der Waals surface area contributed by atoms with Gasteiger partial charge in [-0.05, 0) is 55.5 Å². The van der Waals surface area contributed by atoms with Crippen molar-refractivity contribution in [1.82, 2.24) is 14.5 Å². The fourth-order valence-electron chi connectivity index (χ4n) is 5.76. The summed E-state index contributed by atoms with van der Waals surface area (Å²) in [5.74, 6) is 0.486. The number of nitrogens with zero attached hydrogens (tertiary/aromatic N) is 3. The highest BCUT2D eigenvalue weighted by atomic mass is 32.2. The molecular formula is C35H37N3O3S. The molecule has 0 saturated carbocycles. The highest BCUT2D eigenvalue weighted by Gasteiger charge is 2.44. The van der Waals surface area contributed by atoms with Crippen molar-refractivity contribution in [2.24, 2.45) is 0 Å². The van der Waals surface area contributed by atoms with Crippen molar-refractivity contribution in [1.29, 1.82) is 0 Å². The minimum absolute atomic E-state index is 0.0393. The van der Waals surface area contributed by atoms with Gasteiger partial charge >= 0.3 is 6.09 Å². The van der Waals surface area contributed by atoms with Crippen LogP contribution in [-0.4, -0.2) is 49.6 Å². The molecule has 3 aromatic carbocycles. The molecule has 42 heavy (non-hydrogen) atoms. The molecule has 1 aliphatic rings. The number of hydrogen-bond acceptors (Lipinski definition) is 6. The second-order valence-electron chi connectivity index (χ2n) is 11.5. The van der Waals surface area contributed by atoms with Crippen molar-refractivity contribution in [2.45, 2.75) is 50.5 Å². The maximum Gasteiger partial charge on any atom is 0.420 e. The molecular weight excluding hydrogens is 542 g/mol. The third kappa shape index (κ3) is 6.27. The number of piperidine rings is 1. The van der Waals surface area contributed by atoms with Crippen LogP contribution in [-0.2, 0) is 15.1 Å². The van der Waals surface area contributed by atoms with E-state index in [4.69, 9.17) is 4.74 Å². The number of benzene rings is 3. The van der Waals surface area contributed by atoms with E-state index in [-0.39, 0.29) is 10.4 Å². The first kappa shape index (κ1) is 29.5. The Hall–Kier alpha value is -3.94. The lowest BCUT2D eigenvalue weighted by Gasteiger charge is -2.49. The van der Waals surface area contributed by atoms with Gasteiger partial charge in [0.2, 0.25) is 0 Å². The molecule has 0 spiro atoms. The van der Waals surface area contributed by atoms with E-state index in [1.54, 1.807) is 19.3 Å². The van der Waals surface area contributed by atoms with Crippen LogP contribution in [0.2, 0.25) is 0 Å². The van der Waals surface area contributed by atoms with Crippen molar-refractivity contribution in [3.05, 3.63) is 131 Å². The van der Waals surface area contributed by atoms with E-state index in [0.717, 1.165) is 35.2 Å². The van der Waals surface area contributed by atoms with Gasteiger partial charge in [-0.25, -0.2) is 14.3 Å². The second kappa shape index (κ2) is 12.5. The van der Waals surface area contributed by atoms with E-state index in [9.17, 15) is 9.59 Å². The maximum absolute atomic E-state index is 13.0. The molecule has 1 fully saturated rings. The molecule has 5 rings (SSSR count). The monoisotopic (exact) mass is 579 g/mol. The van der Waals surface area contributed by atoms with Gasteiger partial charge in [0, 0.05) is 37.7 Å². The topological polar surface area (TPSA) is 64.4 Å². The summed E-state index contributed by atoms with van der Waals surface area (Å²) in [4.78, 5) is 32.4. The summed E-state index contributed by atoms with van der Waals surface area (Å²) in [6.45, 7) is 8.48. The third-order valence-electron chi connectivity index (χ3n) is 7.38. The minimum Gasteiger partial charge on any atom is -0.443 e. The van der Waals surface area contributed by atoms with Crippen LogP contribution in [0.1, 0.15) is 56.6 Å². The van der Waals surface area contributed by atoms with E-state index in [0.29, 0.717) is 12.4 Å². The minimum atomic E-state index is -0.638. The van der Waals surface area contributed by atoms with Gasteiger partial charge in [-0.2, -0.15) is 0 Å². The SMILES string of the molecule is CC(=O)SC1CCN(C(c2ccccc2)(c2ccccc2)c2ccccc2)C/C1=C/c1nccn1C(=O)OC(C)(C)C. The van der Waals surface area contributed by atoms with Crippen molar-refractivity contribution in [3.8, 4) is 0 Å². The van der Waals surface area contributed by atoms with Crippen LogP contribution in [0.15, 0.2) is 109 Å². The summed E-state index contributed by atoms with van der Waals surface area (Å²) in [6, 6.07) is 31.8. The van der Waals surface area contributed by atoms with Crippen molar-refractivity contribution < 1.29 is 14.3 Å². The summed E-state index contributed by atoms with van der Waals surface area (Å²) >= 11 is 1.34. The number of carbonyl (C=O) groups excluding carboxylic acids is 2. The van der Waals surface area contributed by atoms with Gasteiger partial charge in [0.25, 0.3) is 0 Å². The average Bonchev–Trinajstić information content (AvgIpc) is 3.44. The van der Waals surface area contributed by atoms with Crippen LogP contribution >= 0.6 is 11.8 Å². The molecule has 0 aliphatic carbocycles. The van der Waals surface area contributed by atoms with Crippen LogP contribution in [0.25, 0.3) is 6.08 Å². The van der Waals surface area contributed by atoms with E-state index >= 15 is 0 Å². The Bertz CT molecular complexity index is 1450. The Morgan fingerprint density at radius 1 is 0.881 bits per heavy atom. The highest BCUT2D eigenvalue weighted by Crippen LogP contribution is 2.45. The summed E-state index contributed by atoms with van der Waals surface area (Å²) in [7, 11) is 0. The van der Waals surface area contributed by atoms with Crippen LogP contribution < -0.4 is 0 Å². The summed E-state index contributed by atoms with van der Waals surface area (Å²) in [5, 5.41) is 0.0258. The van der Waals surface area contributed by atoms with E-state index in [1.807, 2.05) is 45.0 Å². The Morgan fingerprint density at radius 3 is 1.88 bits per heavy atom. The molecule has 1 aromatic heterocycles. The molecule has 0 radical (unpaired) electrons. The summed E-state index contributed by atoms with van der Waals surface area (Å²) < 4.78 is 7.07. The maximum atomic E-state index is 13.0. The zero-order valence-electron chi connectivity index (χ0n) is 24.6. The summed E-state index contributed by atoms with van der Waals surface area (Å²) in [6.07, 6.45) is 5.46. The molecule has 2 heterocycles. The van der Waals surface area contributed by atoms with Gasteiger partial charge in [0.1, 0.15) is 11.4 Å². The first-order valence-electron chi connectivity index (χ1n) is 14.2. The van der Waals surface area contributed by atoms with Gasteiger partial charge in [0.15, 0.2) is 5.12 Å². The Labute approximate surface area is 252 Å². The zero-order valence-corrected chi connectivity index (χ0v) is 25.4. The van der Waals surface area contributed by atoms with E-state index < -0.39 is 17.2 Å². The fraction of sp³-hybridized carbons (Fsp3) is 0.286. The van der Waals surface area contributed by atoms with E-state index in [2.05, 4.69) is 82.7 Å². The van der Waals surface area contributed by atoms with Crippen LogP contribution in [0.5, 0.6) is 0 Å². The highest BCUT2D eigenvalue weighted by molar-refractivity contribution is 8.14. The number of hydrogen-bond donors (Lipinski definition) is 0. The van der Waals surface area contributed by atoms with Crippen molar-refractivity contribution in [2.75, 3.05) is 13.1 Å². The van der Waals surface area contributed by atoms with Gasteiger partial charge < -0.3 is 4.74 Å². The molecule has 6 nitrogen and oxygen atoms in total. The first-order valence-corrected chi connectivity index (χ1v) is 15.1. The number of likely N-dealkylation sites (tertiary alicyclic amines) is 1. The third-order valence-corrected chi connectivity index (χ3v) is 8.53. The number of ether oxygens (including phenoxy) is 1. The van der Waals surface area contributed by atoms with Gasteiger partial charge in [-0.15, -0.1) is 0 Å². The average molecular weight is 580 g/mol. The van der Waals surface area contributed by atoms with Crippen LogP contribution in [0.4, 0.5) is 4.79 Å². The Kier molecular flexibility index (Phi) is 8.80. The zero-order chi connectivity index (χ0) is 29.7. The first-order chi connectivity index (χ1) is 20.2. The van der Waals surface area contributed by atoms with Crippen molar-refractivity contribution in [3.63, 3.8) is 0 Å². The largest absolute Gasteiger partial charge is 0.443 e. The number of carbonyl (C=O) groups is 2. The predicted octanol–water partition coefficient (Wildman–Crippen LogP) is 7.40. The lowest BCUT2D eigenvalue weighted by atomic mass is 9.74. The number of aromatic nitrogens is 2. The van der Waals surface area contributed by atoms with Gasteiger partial charge in [0.05, 0.1) is 5.54 Å². The molecule has 0 bridgehead atoms. The Morgan fingerprint density at radius 2 is 1.40 bits per heavy atom. The quantitative estimate of drug-likeness (QED) is 0.222. The number of rotatable bonds is 6. The molecule has 0 N–H and O–H groups in total. The molecule has 1 atom stereocenters. The molecule has 7 heteroatoms. The van der Waals surface area contributed by atoms with Gasteiger partial charge in [-0.3, -0.25) is 9.69 Å². The molecule has 216 valence electrons. The number of imidazole rings is 1. The smallest absolute Gasteiger partial charge is 0.420 e. The molecule has 4 aromatic rings. The van der Waals surface area contributed by atoms with Crippen molar-refractivity contribution >= 4 is 29.0 Å². The summed E-state index contributed by atoms with van der Waals surface area (Å²) in [5.41, 5.74) is 3.29. The Balaban J connectivity index is 1.65. The van der Waals surface area contributed by atoms with Gasteiger partial charge in [-0.1, -0.05) is 103 Å². The fourth-order valence-corrected chi connectivity index (χ4v) is 6.68. The normalized spacial score (nSPS) is 17.2. The lowest BCUT2D eigenvalue weighted by Crippen LogP contribution is -2.52. The standard InChI is InChI=1S/C35H37N3O3S/c1-26(39)42-31-20-22-37(25-27(31)24-32-36-21-23-38(32)33(40)41-34(2,3)4)35(28-14-8-5-9-15-28,29-16-10-6-11-17-29)30-18-12-7-13-19-30/h5-19,21,23-24,31H,20,22,25H2,1-4H3/b27-24-. The van der Waals surface area contributed by atoms with Crippen LogP contribution in [0, 0.1) is 0 Å². The van der Waals surface area contributed by atoms with Crippen LogP contribution in [0.3, 0.4) is 0 Å². The molecule has 1 saturated heterocycles. The lowest BCUT2D eigenvalue weighted by molar-refractivity contribution is -0.109. The molecule has 1 aliphatic heterocycles. The molecule has 1 unspecified atom stereocenters. The predicted molar refractivity (Wildman–Crippen MR) is 169 cm³/mol. The molecule has 0 amide bonds. The van der Waals surface area contributed by atoms with E-state index in [1.165, 1.54) is 16.3 Å².